The van der Waals surface area contributed by atoms with Crippen molar-refractivity contribution in [3.8, 4) is 0 Å². The van der Waals surface area contributed by atoms with Gasteiger partial charge in [0.2, 0.25) is 0 Å². The molecular weight excluding hydrogens is 266 g/mol. The molecular formula is C17H17NOS. The number of hydrogen-bond donors (Lipinski definition) is 0. The molecule has 2 nitrogen and oxygen atoms in total. The lowest BCUT2D eigenvalue weighted by Crippen LogP contribution is -2.30. The number of fused-ring (bicyclic) bond motifs is 2. The maximum absolute atomic E-state index is 5.93. The van der Waals surface area contributed by atoms with Crippen LogP contribution in [-0.2, 0) is 4.74 Å². The second-order valence-corrected chi connectivity index (χ2v) is 6.23. The van der Waals surface area contributed by atoms with Crippen LogP contribution in [0.25, 0.3) is 0 Å². The van der Waals surface area contributed by atoms with Crippen LogP contribution in [0.15, 0.2) is 52.3 Å². The van der Waals surface area contributed by atoms with Gasteiger partial charge in [-0.25, -0.2) is 0 Å². The Balaban J connectivity index is 1.87. The Morgan fingerprint density at radius 3 is 2.90 bits per heavy atom. The normalized spacial score (nSPS) is 19.4. The van der Waals surface area contributed by atoms with Crippen LogP contribution in [0.5, 0.6) is 0 Å². The lowest BCUT2D eigenvalue weighted by molar-refractivity contribution is 0.0552. The van der Waals surface area contributed by atoms with Gasteiger partial charge in [0.1, 0.15) is 0 Å². The van der Waals surface area contributed by atoms with Crippen molar-refractivity contribution >= 4 is 23.1 Å². The molecule has 0 radical (unpaired) electrons. The van der Waals surface area contributed by atoms with E-state index in [4.69, 9.17) is 4.74 Å². The van der Waals surface area contributed by atoms with Gasteiger partial charge in [-0.05, 0) is 31.5 Å². The number of para-hydroxylation sites is 2. The zero-order chi connectivity index (χ0) is 13.5. The molecule has 0 N–H and O–H groups in total. The first-order valence-corrected chi connectivity index (χ1v) is 7.99. The summed E-state index contributed by atoms with van der Waals surface area (Å²) in [5.74, 6) is 0. The lowest BCUT2D eigenvalue weighted by Gasteiger charge is -2.40. The maximum Gasteiger partial charge on any atom is 0.0862 e. The van der Waals surface area contributed by atoms with Crippen LogP contribution in [0.3, 0.4) is 0 Å². The van der Waals surface area contributed by atoms with Gasteiger partial charge in [-0.2, -0.15) is 0 Å². The molecule has 2 aliphatic heterocycles. The second kappa shape index (κ2) is 4.83. The van der Waals surface area contributed by atoms with Crippen molar-refractivity contribution in [1.29, 1.82) is 0 Å². The van der Waals surface area contributed by atoms with Gasteiger partial charge in [-0.15, -0.1) is 0 Å². The van der Waals surface area contributed by atoms with Gasteiger partial charge in [-0.3, -0.25) is 0 Å². The summed E-state index contributed by atoms with van der Waals surface area (Å²) in [7, 11) is 0. The molecule has 4 rings (SSSR count). The zero-order valence-electron chi connectivity index (χ0n) is 11.5. The molecule has 0 unspecified atom stereocenters. The number of benzene rings is 2. The monoisotopic (exact) mass is 283 g/mol. The van der Waals surface area contributed by atoms with Gasteiger partial charge in [-0.1, -0.05) is 36.0 Å². The zero-order valence-corrected chi connectivity index (χ0v) is 12.3. The van der Waals surface area contributed by atoms with Crippen molar-refractivity contribution < 1.29 is 4.74 Å². The number of ether oxygens (including phenoxy) is 1. The molecule has 1 atom stereocenters. The SMILES string of the molecule is CCO[C@@H]1CCN2c3ccccc3Sc3cccc1c32. The molecule has 0 aromatic heterocycles. The van der Waals surface area contributed by atoms with E-state index in [0.29, 0.717) is 0 Å². The van der Waals surface area contributed by atoms with Gasteiger partial charge in [0.25, 0.3) is 0 Å². The minimum absolute atomic E-state index is 0.247. The van der Waals surface area contributed by atoms with E-state index in [1.807, 2.05) is 11.8 Å². The van der Waals surface area contributed by atoms with E-state index in [9.17, 15) is 0 Å². The van der Waals surface area contributed by atoms with E-state index in [1.54, 1.807) is 0 Å². The van der Waals surface area contributed by atoms with Crippen LogP contribution in [0.1, 0.15) is 25.0 Å². The molecule has 102 valence electrons. The van der Waals surface area contributed by atoms with Crippen molar-refractivity contribution in [1.82, 2.24) is 0 Å². The highest BCUT2D eigenvalue weighted by Crippen LogP contribution is 2.53. The molecule has 0 saturated carbocycles. The summed E-state index contributed by atoms with van der Waals surface area (Å²) in [4.78, 5) is 5.17. The van der Waals surface area contributed by atoms with Gasteiger partial charge < -0.3 is 9.64 Å². The average molecular weight is 283 g/mol. The highest BCUT2D eigenvalue weighted by atomic mass is 32.2. The molecule has 2 aromatic carbocycles. The van der Waals surface area contributed by atoms with E-state index < -0.39 is 0 Å². The van der Waals surface area contributed by atoms with E-state index in [-0.39, 0.29) is 6.10 Å². The number of anilines is 2. The van der Waals surface area contributed by atoms with Gasteiger partial charge in [0.05, 0.1) is 17.5 Å². The summed E-state index contributed by atoms with van der Waals surface area (Å²) in [6, 6.07) is 15.3. The molecule has 2 aliphatic rings. The Bertz CT molecular complexity index is 655. The van der Waals surface area contributed by atoms with Crippen molar-refractivity contribution in [2.45, 2.75) is 29.2 Å². The van der Waals surface area contributed by atoms with Crippen molar-refractivity contribution in [2.75, 3.05) is 18.1 Å². The maximum atomic E-state index is 5.93. The third-order valence-electron chi connectivity index (χ3n) is 4.01. The smallest absolute Gasteiger partial charge is 0.0862 e. The minimum atomic E-state index is 0.247. The average Bonchev–Trinajstić information content (AvgIpc) is 2.50. The van der Waals surface area contributed by atoms with Gasteiger partial charge in [0, 0.05) is 28.5 Å². The van der Waals surface area contributed by atoms with E-state index in [0.717, 1.165) is 19.6 Å². The third kappa shape index (κ3) is 1.77. The molecule has 0 amide bonds. The molecule has 0 bridgehead atoms. The van der Waals surface area contributed by atoms with Crippen LogP contribution in [0, 0.1) is 0 Å². The fraction of sp³-hybridized carbons (Fsp3) is 0.294. The quantitative estimate of drug-likeness (QED) is 0.787. The third-order valence-corrected chi connectivity index (χ3v) is 5.12. The number of rotatable bonds is 2. The molecule has 0 aliphatic carbocycles. The molecule has 2 aromatic rings. The fourth-order valence-corrected chi connectivity index (χ4v) is 4.32. The van der Waals surface area contributed by atoms with Crippen LogP contribution in [0.2, 0.25) is 0 Å². The topological polar surface area (TPSA) is 12.5 Å². The minimum Gasteiger partial charge on any atom is -0.374 e. The van der Waals surface area contributed by atoms with E-state index in [1.165, 1.54) is 26.7 Å². The Morgan fingerprint density at radius 2 is 2.00 bits per heavy atom. The summed E-state index contributed by atoms with van der Waals surface area (Å²) in [6.45, 7) is 3.89. The van der Waals surface area contributed by atoms with E-state index in [2.05, 4.69) is 54.3 Å². The predicted molar refractivity (Wildman–Crippen MR) is 83.0 cm³/mol. The Labute approximate surface area is 123 Å². The van der Waals surface area contributed by atoms with Crippen LogP contribution >= 0.6 is 11.8 Å². The summed E-state index contributed by atoms with van der Waals surface area (Å²) in [5.41, 5.74) is 4.05. The summed E-state index contributed by atoms with van der Waals surface area (Å²) in [5, 5.41) is 0. The molecule has 3 heteroatoms. The van der Waals surface area contributed by atoms with Crippen LogP contribution in [0.4, 0.5) is 11.4 Å². The predicted octanol–water partition coefficient (Wildman–Crippen LogP) is 4.77. The molecule has 0 fully saturated rings. The Morgan fingerprint density at radius 1 is 1.15 bits per heavy atom. The standard InChI is InChI=1S/C17H17NOS/c1-2-19-14-10-11-18-13-7-3-4-8-15(13)20-16-9-5-6-12(14)17(16)18/h3-9,14H,2,10-11H2,1H3/t14-/m1/s1. The summed E-state index contributed by atoms with van der Waals surface area (Å²) < 4.78 is 5.93. The van der Waals surface area contributed by atoms with Crippen LogP contribution < -0.4 is 4.90 Å². The molecule has 20 heavy (non-hydrogen) atoms. The molecule has 0 saturated heterocycles. The Hall–Kier alpha value is -1.45. The van der Waals surface area contributed by atoms with Gasteiger partial charge >= 0.3 is 0 Å². The first-order valence-electron chi connectivity index (χ1n) is 7.17. The number of hydrogen-bond acceptors (Lipinski definition) is 3. The van der Waals surface area contributed by atoms with Crippen molar-refractivity contribution in [3.63, 3.8) is 0 Å². The number of nitrogens with zero attached hydrogens (tertiary/aromatic N) is 1. The summed E-state index contributed by atoms with van der Waals surface area (Å²) >= 11 is 1.87. The van der Waals surface area contributed by atoms with Gasteiger partial charge in [0.15, 0.2) is 0 Å². The largest absolute Gasteiger partial charge is 0.374 e. The van der Waals surface area contributed by atoms with Crippen LogP contribution in [-0.4, -0.2) is 13.2 Å². The lowest BCUT2D eigenvalue weighted by atomic mass is 9.97. The fourth-order valence-electron chi connectivity index (χ4n) is 3.18. The van der Waals surface area contributed by atoms with Crippen molar-refractivity contribution in [3.05, 3.63) is 48.0 Å². The highest BCUT2D eigenvalue weighted by Gasteiger charge is 2.32. The summed E-state index contributed by atoms with van der Waals surface area (Å²) in [6.07, 6.45) is 1.31. The molecule has 2 heterocycles. The van der Waals surface area contributed by atoms with E-state index >= 15 is 0 Å². The first-order chi connectivity index (χ1) is 9.88. The second-order valence-electron chi connectivity index (χ2n) is 5.15. The van der Waals surface area contributed by atoms with Crippen molar-refractivity contribution in [2.24, 2.45) is 0 Å². The Kier molecular flexibility index (Phi) is 2.97. The molecule has 0 spiro atoms. The highest BCUT2D eigenvalue weighted by molar-refractivity contribution is 7.99. The first kappa shape index (κ1) is 12.3.